The second kappa shape index (κ2) is 3.94. The van der Waals surface area contributed by atoms with Crippen LogP contribution in [0.4, 0.5) is 0 Å². The second-order valence-electron chi connectivity index (χ2n) is 6.60. The first-order valence-electron chi connectivity index (χ1n) is 7.17. The summed E-state index contributed by atoms with van der Waals surface area (Å²) in [6.45, 7) is 2.87. The fraction of sp³-hybridized carbons (Fsp3) is 1.00. The minimum Gasteiger partial charge on any atom is -0.389 e. The molecular weight excluding hydrogens is 214 g/mol. The highest BCUT2D eigenvalue weighted by Crippen LogP contribution is 2.57. The monoisotopic (exact) mass is 239 g/mol. The maximum atomic E-state index is 11.1. The van der Waals surface area contributed by atoms with Crippen LogP contribution in [0.5, 0.6) is 0 Å². The van der Waals surface area contributed by atoms with Crippen LogP contribution in [-0.2, 0) is 4.74 Å². The van der Waals surface area contributed by atoms with Crippen molar-refractivity contribution in [2.24, 2.45) is 17.1 Å². The van der Waals surface area contributed by atoms with Crippen molar-refractivity contribution in [2.75, 3.05) is 6.54 Å². The smallest absolute Gasteiger partial charge is 0.0741 e. The lowest BCUT2D eigenvalue weighted by molar-refractivity contribution is -0.136. The van der Waals surface area contributed by atoms with Gasteiger partial charge in [0.2, 0.25) is 0 Å². The van der Waals surface area contributed by atoms with Crippen molar-refractivity contribution in [3.05, 3.63) is 0 Å². The third-order valence-corrected chi connectivity index (χ3v) is 5.71. The summed E-state index contributed by atoms with van der Waals surface area (Å²) < 4.78 is 5.98. The van der Waals surface area contributed by atoms with E-state index in [0.29, 0.717) is 12.6 Å². The first kappa shape index (κ1) is 11.9. The molecule has 0 amide bonds. The molecule has 0 aromatic heterocycles. The van der Waals surface area contributed by atoms with Gasteiger partial charge in [0.25, 0.3) is 0 Å². The molecule has 3 heteroatoms. The summed E-state index contributed by atoms with van der Waals surface area (Å²) in [5.41, 5.74) is 5.36. The third-order valence-electron chi connectivity index (χ3n) is 5.71. The van der Waals surface area contributed by atoms with Crippen molar-refractivity contribution >= 4 is 0 Å². The predicted octanol–water partition coefficient (Wildman–Crippen LogP) is 1.82. The lowest BCUT2D eigenvalue weighted by atomic mass is 9.57. The van der Waals surface area contributed by atoms with E-state index in [2.05, 4.69) is 6.92 Å². The summed E-state index contributed by atoms with van der Waals surface area (Å²) in [6.07, 6.45) is 7.93. The molecule has 0 spiro atoms. The highest BCUT2D eigenvalue weighted by atomic mass is 16.5. The molecule has 0 aromatic rings. The van der Waals surface area contributed by atoms with E-state index >= 15 is 0 Å². The molecule has 0 aromatic carbocycles. The zero-order valence-electron chi connectivity index (χ0n) is 10.8. The number of nitrogens with two attached hydrogens (primary N) is 1. The fourth-order valence-corrected chi connectivity index (χ4v) is 4.43. The van der Waals surface area contributed by atoms with E-state index in [1.165, 1.54) is 6.42 Å². The van der Waals surface area contributed by atoms with Gasteiger partial charge < -0.3 is 15.6 Å². The highest BCUT2D eigenvalue weighted by molar-refractivity contribution is 5.12. The molecule has 3 nitrogen and oxygen atoms in total. The van der Waals surface area contributed by atoms with Gasteiger partial charge in [-0.05, 0) is 50.9 Å². The molecule has 1 saturated carbocycles. The summed E-state index contributed by atoms with van der Waals surface area (Å²) in [5.74, 6) is 0.754. The summed E-state index contributed by atoms with van der Waals surface area (Å²) in [7, 11) is 0. The van der Waals surface area contributed by atoms with Crippen LogP contribution < -0.4 is 5.73 Å². The van der Waals surface area contributed by atoms with E-state index in [4.69, 9.17) is 10.5 Å². The third kappa shape index (κ3) is 1.59. The second-order valence-corrected chi connectivity index (χ2v) is 6.60. The summed E-state index contributed by atoms with van der Waals surface area (Å²) >= 11 is 0. The van der Waals surface area contributed by atoms with Crippen molar-refractivity contribution in [3.63, 3.8) is 0 Å². The Morgan fingerprint density at radius 1 is 1.24 bits per heavy atom. The Morgan fingerprint density at radius 3 is 2.41 bits per heavy atom. The Hall–Kier alpha value is -0.120. The van der Waals surface area contributed by atoms with E-state index in [1.54, 1.807) is 0 Å². The Balaban J connectivity index is 1.85. The molecule has 0 radical (unpaired) electrons. The molecule has 2 aliphatic heterocycles. The molecule has 3 unspecified atom stereocenters. The van der Waals surface area contributed by atoms with Crippen LogP contribution in [0.1, 0.15) is 51.9 Å². The van der Waals surface area contributed by atoms with Gasteiger partial charge in [-0.3, -0.25) is 0 Å². The lowest BCUT2D eigenvalue weighted by Gasteiger charge is -2.51. The van der Waals surface area contributed by atoms with Crippen molar-refractivity contribution in [2.45, 2.75) is 69.7 Å². The summed E-state index contributed by atoms with van der Waals surface area (Å²) in [5, 5.41) is 11.1. The van der Waals surface area contributed by atoms with E-state index in [0.717, 1.165) is 44.4 Å². The molecule has 3 rings (SSSR count). The fourth-order valence-electron chi connectivity index (χ4n) is 4.43. The quantitative estimate of drug-likeness (QED) is 0.773. The van der Waals surface area contributed by atoms with Crippen LogP contribution in [0.15, 0.2) is 0 Å². The predicted molar refractivity (Wildman–Crippen MR) is 66.6 cm³/mol. The van der Waals surface area contributed by atoms with Gasteiger partial charge in [0.05, 0.1) is 17.8 Å². The van der Waals surface area contributed by atoms with Gasteiger partial charge in [-0.1, -0.05) is 6.92 Å². The maximum Gasteiger partial charge on any atom is 0.0741 e. The zero-order chi connectivity index (χ0) is 12.1. The van der Waals surface area contributed by atoms with Gasteiger partial charge in [-0.25, -0.2) is 0 Å². The molecule has 2 heterocycles. The molecule has 3 fully saturated rings. The first-order chi connectivity index (χ1) is 8.10. The zero-order valence-corrected chi connectivity index (χ0v) is 10.8. The van der Waals surface area contributed by atoms with Gasteiger partial charge >= 0.3 is 0 Å². The van der Waals surface area contributed by atoms with Crippen LogP contribution >= 0.6 is 0 Å². The van der Waals surface area contributed by atoms with Gasteiger partial charge in [0.1, 0.15) is 0 Å². The summed E-state index contributed by atoms with van der Waals surface area (Å²) in [6, 6.07) is 0. The normalized spacial score (nSPS) is 54.2. The van der Waals surface area contributed by atoms with Gasteiger partial charge in [0, 0.05) is 12.0 Å². The van der Waals surface area contributed by atoms with Crippen molar-refractivity contribution in [1.29, 1.82) is 0 Å². The standard InChI is InChI=1S/C14H25NO2/c1-10-4-6-14(16,7-5-10)13(9-15)8-11-2-3-12(13)17-11/h10-12,16H,2-9,15H2,1H3. The average Bonchev–Trinajstić information content (AvgIpc) is 2.93. The SMILES string of the molecule is CC1CCC(O)(C2(CN)CC3CCC2O3)CC1. The number of hydrogen-bond donors (Lipinski definition) is 2. The lowest BCUT2D eigenvalue weighted by Crippen LogP contribution is -2.59. The van der Waals surface area contributed by atoms with Gasteiger partial charge in [0.15, 0.2) is 0 Å². The molecule has 2 saturated heterocycles. The van der Waals surface area contributed by atoms with Crippen molar-refractivity contribution < 1.29 is 9.84 Å². The molecule has 3 aliphatic rings. The number of ether oxygens (including phenoxy) is 1. The van der Waals surface area contributed by atoms with E-state index in [9.17, 15) is 5.11 Å². The van der Waals surface area contributed by atoms with E-state index in [1.807, 2.05) is 0 Å². The van der Waals surface area contributed by atoms with Gasteiger partial charge in [-0.15, -0.1) is 0 Å². The van der Waals surface area contributed by atoms with E-state index < -0.39 is 5.60 Å². The Labute approximate surface area is 104 Å². The van der Waals surface area contributed by atoms with Crippen molar-refractivity contribution in [1.82, 2.24) is 0 Å². The maximum absolute atomic E-state index is 11.1. The Bertz CT molecular complexity index is 299. The molecule has 3 N–H and O–H groups in total. The number of rotatable bonds is 2. The highest BCUT2D eigenvalue weighted by Gasteiger charge is 2.62. The van der Waals surface area contributed by atoms with Crippen LogP contribution in [-0.4, -0.2) is 29.5 Å². The molecule has 1 aliphatic carbocycles. The largest absolute Gasteiger partial charge is 0.389 e. The van der Waals surface area contributed by atoms with Crippen LogP contribution in [0.25, 0.3) is 0 Å². The first-order valence-corrected chi connectivity index (χ1v) is 7.17. The van der Waals surface area contributed by atoms with E-state index in [-0.39, 0.29) is 11.5 Å². The topological polar surface area (TPSA) is 55.5 Å². The van der Waals surface area contributed by atoms with Crippen LogP contribution in [0.3, 0.4) is 0 Å². The molecule has 17 heavy (non-hydrogen) atoms. The van der Waals surface area contributed by atoms with Crippen molar-refractivity contribution in [3.8, 4) is 0 Å². The minimum atomic E-state index is -0.561. The Morgan fingerprint density at radius 2 is 1.94 bits per heavy atom. The van der Waals surface area contributed by atoms with Crippen LogP contribution in [0.2, 0.25) is 0 Å². The molecular formula is C14H25NO2. The number of fused-ring (bicyclic) bond motifs is 2. The molecule has 3 atom stereocenters. The summed E-state index contributed by atoms with van der Waals surface area (Å²) in [4.78, 5) is 0. The van der Waals surface area contributed by atoms with Crippen LogP contribution in [0, 0.1) is 11.3 Å². The molecule has 2 bridgehead atoms. The molecule has 98 valence electrons. The average molecular weight is 239 g/mol. The minimum absolute atomic E-state index is 0.143. The Kier molecular flexibility index (Phi) is 2.77. The van der Waals surface area contributed by atoms with Gasteiger partial charge in [-0.2, -0.15) is 0 Å². The number of hydrogen-bond acceptors (Lipinski definition) is 3. The number of aliphatic hydroxyl groups is 1.